The van der Waals surface area contributed by atoms with Crippen LogP contribution in [0.15, 0.2) is 30.3 Å². The van der Waals surface area contributed by atoms with Gasteiger partial charge in [-0.1, -0.05) is 18.2 Å². The summed E-state index contributed by atoms with van der Waals surface area (Å²) in [5.41, 5.74) is 2.32. The molecule has 0 heterocycles. The second-order valence-corrected chi connectivity index (χ2v) is 5.87. The number of methoxy groups -OCH3 is 3. The fourth-order valence-corrected chi connectivity index (χ4v) is 2.62. The van der Waals surface area contributed by atoms with E-state index in [-0.39, 0.29) is 0 Å². The number of benzene rings is 2. The lowest BCUT2D eigenvalue weighted by atomic mass is 10.1. The second-order valence-electron chi connectivity index (χ2n) is 4.63. The maximum atomic E-state index is 9.24. The summed E-state index contributed by atoms with van der Waals surface area (Å²) in [6, 6.07) is 11.6. The van der Waals surface area contributed by atoms with Gasteiger partial charge in [-0.25, -0.2) is 0 Å². The summed E-state index contributed by atoms with van der Waals surface area (Å²) < 4.78 is 17.0. The number of rotatable bonds is 5. The highest BCUT2D eigenvalue weighted by Gasteiger charge is 2.10. The zero-order valence-corrected chi connectivity index (χ0v) is 15.2. The average Bonchev–Trinajstić information content (AvgIpc) is 2.59. The third-order valence-electron chi connectivity index (χ3n) is 3.31. The lowest BCUT2D eigenvalue weighted by Crippen LogP contribution is -1.94. The van der Waals surface area contributed by atoms with Crippen molar-refractivity contribution in [2.45, 2.75) is 0 Å². The minimum absolute atomic E-state index is 0.605. The number of nitrogens with zero attached hydrogens (tertiary/aromatic N) is 1. The molecule has 0 aliphatic heterocycles. The summed E-state index contributed by atoms with van der Waals surface area (Å²) in [5, 5.41) is 9.24. The Morgan fingerprint density at radius 1 is 0.870 bits per heavy atom. The van der Waals surface area contributed by atoms with E-state index >= 15 is 0 Å². The zero-order chi connectivity index (χ0) is 16.8. The molecule has 0 atom stereocenters. The Balaban J connectivity index is 2.45. The Bertz CT molecular complexity index is 779. The normalized spacial score (nSPS) is 10.4. The molecule has 0 radical (unpaired) electrons. The molecule has 118 valence electrons. The van der Waals surface area contributed by atoms with Crippen LogP contribution in [0.3, 0.4) is 0 Å². The van der Waals surface area contributed by atoms with E-state index in [1.54, 1.807) is 27.4 Å². The smallest absolute Gasteiger partial charge is 0.164 e. The van der Waals surface area contributed by atoms with Crippen molar-refractivity contribution < 1.29 is 14.2 Å². The molecule has 2 rings (SSSR count). The minimum Gasteiger partial charge on any atom is -0.496 e. The van der Waals surface area contributed by atoms with Crippen molar-refractivity contribution in [2.75, 3.05) is 21.3 Å². The van der Waals surface area contributed by atoms with E-state index < -0.39 is 0 Å². The number of nitriles is 1. The van der Waals surface area contributed by atoms with Gasteiger partial charge in [0, 0.05) is 15.2 Å². The van der Waals surface area contributed by atoms with E-state index in [0.29, 0.717) is 22.8 Å². The molecule has 5 heteroatoms. The molecule has 0 spiro atoms. The number of hydrogen-bond acceptors (Lipinski definition) is 4. The molecule has 2 aromatic rings. The van der Waals surface area contributed by atoms with E-state index in [0.717, 1.165) is 14.7 Å². The van der Waals surface area contributed by atoms with E-state index in [9.17, 15) is 5.26 Å². The standard InChI is InChI=1S/C18H16INO3/c1-21-16-10-18(23-3)17(22-2)9-13(16)5-4-12-6-7-15(19)8-14(12)11-20/h4-10H,1-3H3. The molecule has 0 saturated heterocycles. The van der Waals surface area contributed by atoms with Gasteiger partial charge in [-0.3, -0.25) is 0 Å². The Labute approximate surface area is 149 Å². The van der Waals surface area contributed by atoms with Crippen molar-refractivity contribution in [1.82, 2.24) is 0 Å². The summed E-state index contributed by atoms with van der Waals surface area (Å²) in [5.74, 6) is 1.90. The van der Waals surface area contributed by atoms with Crippen LogP contribution in [-0.4, -0.2) is 21.3 Å². The Hall–Kier alpha value is -2.20. The molecule has 0 N–H and O–H groups in total. The first-order chi connectivity index (χ1) is 11.1. The zero-order valence-electron chi connectivity index (χ0n) is 13.1. The van der Waals surface area contributed by atoms with Gasteiger partial charge < -0.3 is 14.2 Å². The van der Waals surface area contributed by atoms with Crippen LogP contribution >= 0.6 is 22.6 Å². The van der Waals surface area contributed by atoms with Crippen molar-refractivity contribution in [3.63, 3.8) is 0 Å². The van der Waals surface area contributed by atoms with Crippen LogP contribution in [0, 0.1) is 14.9 Å². The summed E-state index contributed by atoms with van der Waals surface area (Å²) in [6.45, 7) is 0. The van der Waals surface area contributed by atoms with Crippen LogP contribution in [0.1, 0.15) is 16.7 Å². The van der Waals surface area contributed by atoms with E-state index in [1.165, 1.54) is 0 Å². The van der Waals surface area contributed by atoms with Crippen LogP contribution in [0.2, 0.25) is 0 Å². The maximum absolute atomic E-state index is 9.24. The summed E-state index contributed by atoms with van der Waals surface area (Å²) in [6.07, 6.45) is 3.78. The van der Waals surface area contributed by atoms with E-state index in [4.69, 9.17) is 14.2 Å². The molecule has 2 aromatic carbocycles. The maximum Gasteiger partial charge on any atom is 0.164 e. The SMILES string of the molecule is COc1cc(OC)c(OC)cc1C=Cc1ccc(I)cc1C#N. The van der Waals surface area contributed by atoms with Gasteiger partial charge in [-0.2, -0.15) is 5.26 Å². The largest absolute Gasteiger partial charge is 0.496 e. The third-order valence-corrected chi connectivity index (χ3v) is 3.99. The van der Waals surface area contributed by atoms with Crippen LogP contribution in [-0.2, 0) is 0 Å². The topological polar surface area (TPSA) is 51.5 Å². The van der Waals surface area contributed by atoms with Crippen LogP contribution in [0.4, 0.5) is 0 Å². The Morgan fingerprint density at radius 3 is 2.09 bits per heavy atom. The van der Waals surface area contributed by atoms with Crippen molar-refractivity contribution in [1.29, 1.82) is 5.26 Å². The average molecular weight is 421 g/mol. The quantitative estimate of drug-likeness (QED) is 0.532. The molecular weight excluding hydrogens is 405 g/mol. The Kier molecular flexibility index (Phi) is 5.88. The van der Waals surface area contributed by atoms with Crippen LogP contribution in [0.25, 0.3) is 12.2 Å². The highest BCUT2D eigenvalue weighted by molar-refractivity contribution is 14.1. The molecule has 0 aromatic heterocycles. The summed E-state index contributed by atoms with van der Waals surface area (Å²) in [4.78, 5) is 0. The molecule has 23 heavy (non-hydrogen) atoms. The first kappa shape index (κ1) is 17.2. The van der Waals surface area contributed by atoms with Crippen molar-refractivity contribution in [3.05, 3.63) is 50.6 Å². The number of ether oxygens (including phenoxy) is 3. The van der Waals surface area contributed by atoms with Gasteiger partial charge in [0.05, 0.1) is 33.0 Å². The summed E-state index contributed by atoms with van der Waals surface area (Å²) in [7, 11) is 4.77. The number of halogens is 1. The van der Waals surface area contributed by atoms with Crippen LogP contribution in [0.5, 0.6) is 17.2 Å². The molecule has 0 fully saturated rings. The van der Waals surface area contributed by atoms with Gasteiger partial charge in [-0.15, -0.1) is 0 Å². The van der Waals surface area contributed by atoms with Gasteiger partial charge in [-0.05, 0) is 46.4 Å². The monoisotopic (exact) mass is 421 g/mol. The third kappa shape index (κ3) is 3.96. The van der Waals surface area contributed by atoms with Crippen molar-refractivity contribution in [2.24, 2.45) is 0 Å². The first-order valence-electron chi connectivity index (χ1n) is 6.80. The molecule has 0 amide bonds. The lowest BCUT2D eigenvalue weighted by Gasteiger charge is -2.12. The highest BCUT2D eigenvalue weighted by Crippen LogP contribution is 2.35. The lowest BCUT2D eigenvalue weighted by molar-refractivity contribution is 0.348. The number of hydrogen-bond donors (Lipinski definition) is 0. The second kappa shape index (κ2) is 7.88. The van der Waals surface area contributed by atoms with E-state index in [2.05, 4.69) is 28.7 Å². The van der Waals surface area contributed by atoms with Gasteiger partial charge >= 0.3 is 0 Å². The molecule has 0 saturated carbocycles. The van der Waals surface area contributed by atoms with Gasteiger partial charge in [0.2, 0.25) is 0 Å². The van der Waals surface area contributed by atoms with Crippen molar-refractivity contribution in [3.8, 4) is 23.3 Å². The summed E-state index contributed by atoms with van der Waals surface area (Å²) >= 11 is 2.19. The fourth-order valence-electron chi connectivity index (χ4n) is 2.13. The fraction of sp³-hybridized carbons (Fsp3) is 0.167. The predicted octanol–water partition coefficient (Wildman–Crippen LogP) is 4.36. The molecule has 0 unspecified atom stereocenters. The van der Waals surface area contributed by atoms with E-state index in [1.807, 2.05) is 36.4 Å². The Morgan fingerprint density at radius 2 is 1.48 bits per heavy atom. The highest BCUT2D eigenvalue weighted by atomic mass is 127. The van der Waals surface area contributed by atoms with Crippen molar-refractivity contribution >= 4 is 34.7 Å². The molecular formula is C18H16INO3. The minimum atomic E-state index is 0.605. The van der Waals surface area contributed by atoms with Gasteiger partial charge in [0.1, 0.15) is 5.75 Å². The molecule has 4 nitrogen and oxygen atoms in total. The van der Waals surface area contributed by atoms with Gasteiger partial charge in [0.25, 0.3) is 0 Å². The predicted molar refractivity (Wildman–Crippen MR) is 98.9 cm³/mol. The van der Waals surface area contributed by atoms with Gasteiger partial charge in [0.15, 0.2) is 11.5 Å². The molecule has 0 aliphatic carbocycles. The molecule has 0 aliphatic rings. The van der Waals surface area contributed by atoms with Crippen LogP contribution < -0.4 is 14.2 Å². The first-order valence-corrected chi connectivity index (χ1v) is 7.88. The molecule has 0 bridgehead atoms.